The van der Waals surface area contributed by atoms with E-state index >= 15 is 0 Å². The second-order valence-corrected chi connectivity index (χ2v) is 8.21. The third-order valence-corrected chi connectivity index (χ3v) is 4.86. The lowest BCUT2D eigenvalue weighted by Crippen LogP contribution is -2.14. The molecule has 0 amide bonds. The Morgan fingerprint density at radius 3 is 1.96 bits per heavy atom. The molecule has 2 atom stereocenters. The Labute approximate surface area is 170 Å². The molecule has 0 saturated carbocycles. The Morgan fingerprint density at radius 2 is 1.37 bits per heavy atom. The average Bonchev–Trinajstić information content (AvgIpc) is 2.65. The van der Waals surface area contributed by atoms with Gasteiger partial charge in [-0.2, -0.15) is 0 Å². The minimum absolute atomic E-state index is 0.408. The maximum Gasteiger partial charge on any atom is -0.00788 e. The van der Waals surface area contributed by atoms with E-state index in [9.17, 15) is 0 Å². The van der Waals surface area contributed by atoms with E-state index in [4.69, 9.17) is 0 Å². The van der Waals surface area contributed by atoms with Crippen LogP contribution in [0.3, 0.4) is 0 Å². The standard InChI is InChI=1S/C27H44/c1-7-10-12-18-22-26(24-27(5,6)9-3)23-19-16-14-13-15-17-21-25(4)20-11-8-2/h11-21,23,25-26H,7-10,22,24H2,1-6H3/b15-13-,16-14+,18-12-,20-11+,21-17+,23-19+. The molecule has 2 unspecified atom stereocenters. The van der Waals surface area contributed by atoms with Crippen LogP contribution in [0.1, 0.15) is 80.1 Å². The average molecular weight is 369 g/mol. The van der Waals surface area contributed by atoms with Gasteiger partial charge < -0.3 is 0 Å². The van der Waals surface area contributed by atoms with Crippen LogP contribution in [0, 0.1) is 17.3 Å². The lowest BCUT2D eigenvalue weighted by molar-refractivity contribution is 0.282. The molecular weight excluding hydrogens is 324 g/mol. The maximum atomic E-state index is 2.38. The summed E-state index contributed by atoms with van der Waals surface area (Å²) in [5, 5.41) is 0. The molecule has 0 rings (SSSR count). The Bertz CT molecular complexity index is 508. The molecule has 0 fully saturated rings. The number of hydrogen-bond donors (Lipinski definition) is 0. The topological polar surface area (TPSA) is 0 Å². The molecule has 0 nitrogen and oxygen atoms in total. The summed E-state index contributed by atoms with van der Waals surface area (Å²) < 4.78 is 0. The highest BCUT2D eigenvalue weighted by Crippen LogP contribution is 2.31. The van der Waals surface area contributed by atoms with E-state index in [-0.39, 0.29) is 0 Å². The molecule has 0 N–H and O–H groups in total. The minimum atomic E-state index is 0.408. The highest BCUT2D eigenvalue weighted by atomic mass is 14.2. The summed E-state index contributed by atoms with van der Waals surface area (Å²) in [5.74, 6) is 1.12. The van der Waals surface area contributed by atoms with Crippen LogP contribution in [0.15, 0.2) is 72.9 Å². The normalized spacial score (nSPS) is 16.2. The van der Waals surface area contributed by atoms with Crippen molar-refractivity contribution in [1.29, 1.82) is 0 Å². The van der Waals surface area contributed by atoms with E-state index in [0.717, 1.165) is 12.8 Å². The predicted molar refractivity (Wildman–Crippen MR) is 126 cm³/mol. The minimum Gasteiger partial charge on any atom is -0.0885 e. The fourth-order valence-corrected chi connectivity index (χ4v) is 2.77. The molecule has 0 heteroatoms. The maximum absolute atomic E-state index is 2.38. The Kier molecular flexibility index (Phi) is 15.6. The van der Waals surface area contributed by atoms with Crippen molar-refractivity contribution >= 4 is 0 Å². The van der Waals surface area contributed by atoms with Crippen molar-refractivity contribution in [1.82, 2.24) is 0 Å². The van der Waals surface area contributed by atoms with Crippen molar-refractivity contribution < 1.29 is 0 Å². The number of rotatable bonds is 14. The van der Waals surface area contributed by atoms with Crippen molar-refractivity contribution in [3.05, 3.63) is 72.9 Å². The van der Waals surface area contributed by atoms with Crippen LogP contribution in [-0.2, 0) is 0 Å². The fraction of sp³-hybridized carbons (Fsp3) is 0.556. The molecule has 152 valence electrons. The van der Waals surface area contributed by atoms with E-state index < -0.39 is 0 Å². The van der Waals surface area contributed by atoms with E-state index in [0.29, 0.717) is 17.3 Å². The molecule has 0 radical (unpaired) electrons. The number of unbranched alkanes of at least 4 members (excludes halogenated alkanes) is 1. The van der Waals surface area contributed by atoms with Gasteiger partial charge in [-0.1, -0.05) is 127 Å². The molecular formula is C27H44. The Morgan fingerprint density at radius 1 is 0.741 bits per heavy atom. The lowest BCUT2D eigenvalue weighted by atomic mass is 9.79. The van der Waals surface area contributed by atoms with Gasteiger partial charge in [0.25, 0.3) is 0 Å². The van der Waals surface area contributed by atoms with Gasteiger partial charge in [0.05, 0.1) is 0 Å². The number of hydrogen-bond acceptors (Lipinski definition) is 0. The van der Waals surface area contributed by atoms with E-state index in [1.807, 2.05) is 0 Å². The van der Waals surface area contributed by atoms with Crippen molar-refractivity contribution in [3.63, 3.8) is 0 Å². The highest BCUT2D eigenvalue weighted by Gasteiger charge is 2.19. The molecule has 0 aromatic rings. The Hall–Kier alpha value is -1.56. The fourth-order valence-electron chi connectivity index (χ4n) is 2.77. The summed E-state index contributed by atoms with van der Waals surface area (Å²) >= 11 is 0. The molecule has 0 aromatic heterocycles. The first-order chi connectivity index (χ1) is 12.9. The molecule has 0 aliphatic rings. The van der Waals surface area contributed by atoms with E-state index in [1.165, 1.54) is 25.7 Å². The summed E-state index contributed by atoms with van der Waals surface area (Å²) in [4.78, 5) is 0. The van der Waals surface area contributed by atoms with Gasteiger partial charge in [0.2, 0.25) is 0 Å². The van der Waals surface area contributed by atoms with Gasteiger partial charge in [0.15, 0.2) is 0 Å². The van der Waals surface area contributed by atoms with Gasteiger partial charge in [0, 0.05) is 0 Å². The molecule has 0 saturated heterocycles. The van der Waals surface area contributed by atoms with Gasteiger partial charge >= 0.3 is 0 Å². The summed E-state index contributed by atoms with van der Waals surface area (Å²) in [6, 6.07) is 0. The zero-order valence-corrected chi connectivity index (χ0v) is 18.8. The third kappa shape index (κ3) is 16.3. The highest BCUT2D eigenvalue weighted by molar-refractivity contribution is 5.17. The monoisotopic (exact) mass is 368 g/mol. The first-order valence-corrected chi connectivity index (χ1v) is 10.9. The van der Waals surface area contributed by atoms with Crippen LogP contribution in [0.25, 0.3) is 0 Å². The van der Waals surface area contributed by atoms with Crippen LogP contribution in [0.2, 0.25) is 0 Å². The van der Waals surface area contributed by atoms with E-state index in [2.05, 4.69) is 114 Å². The first-order valence-electron chi connectivity index (χ1n) is 10.9. The quantitative estimate of drug-likeness (QED) is 0.212. The Balaban J connectivity index is 4.56. The van der Waals surface area contributed by atoms with Crippen LogP contribution < -0.4 is 0 Å². The molecule has 0 spiro atoms. The van der Waals surface area contributed by atoms with E-state index in [1.54, 1.807) is 0 Å². The summed E-state index contributed by atoms with van der Waals surface area (Å²) in [7, 11) is 0. The van der Waals surface area contributed by atoms with Gasteiger partial charge in [-0.15, -0.1) is 0 Å². The zero-order valence-electron chi connectivity index (χ0n) is 18.8. The largest absolute Gasteiger partial charge is 0.0885 e. The summed E-state index contributed by atoms with van der Waals surface area (Å²) in [5.41, 5.74) is 0.408. The zero-order chi connectivity index (χ0) is 20.4. The summed E-state index contributed by atoms with van der Waals surface area (Å²) in [6.07, 6.45) is 33.7. The third-order valence-electron chi connectivity index (χ3n) is 4.86. The molecule has 0 heterocycles. The summed E-state index contributed by atoms with van der Waals surface area (Å²) in [6.45, 7) is 13.7. The van der Waals surface area contributed by atoms with Crippen molar-refractivity contribution in [3.8, 4) is 0 Å². The first kappa shape index (κ1) is 25.4. The predicted octanol–water partition coefficient (Wildman–Crippen LogP) is 9.00. The van der Waals surface area contributed by atoms with Gasteiger partial charge in [-0.3, -0.25) is 0 Å². The smallest absolute Gasteiger partial charge is 0.00788 e. The molecule has 27 heavy (non-hydrogen) atoms. The SMILES string of the molecule is CC/C=C/C(C)/C=C/C=C\C=C\C=C\C(C/C=C\CCC)CC(C)(C)CC. The molecule has 0 aromatic carbocycles. The second-order valence-electron chi connectivity index (χ2n) is 8.21. The lowest BCUT2D eigenvalue weighted by Gasteiger charge is -2.26. The second kappa shape index (κ2) is 16.6. The van der Waals surface area contributed by atoms with Crippen molar-refractivity contribution in [2.75, 3.05) is 0 Å². The van der Waals surface area contributed by atoms with Crippen LogP contribution in [-0.4, -0.2) is 0 Å². The number of allylic oxidation sites excluding steroid dienone is 12. The van der Waals surface area contributed by atoms with Crippen LogP contribution >= 0.6 is 0 Å². The van der Waals surface area contributed by atoms with Gasteiger partial charge in [-0.25, -0.2) is 0 Å². The van der Waals surface area contributed by atoms with Gasteiger partial charge in [-0.05, 0) is 42.9 Å². The molecule has 0 aliphatic heterocycles. The van der Waals surface area contributed by atoms with Crippen molar-refractivity contribution in [2.24, 2.45) is 17.3 Å². The molecule has 0 aliphatic carbocycles. The molecule has 0 bridgehead atoms. The van der Waals surface area contributed by atoms with Crippen LogP contribution in [0.4, 0.5) is 0 Å². The van der Waals surface area contributed by atoms with Gasteiger partial charge in [0.1, 0.15) is 0 Å². The van der Waals surface area contributed by atoms with Crippen LogP contribution in [0.5, 0.6) is 0 Å². The van der Waals surface area contributed by atoms with Crippen molar-refractivity contribution in [2.45, 2.75) is 80.1 Å².